The summed E-state index contributed by atoms with van der Waals surface area (Å²) in [6.07, 6.45) is 3.33. The first-order valence-electron chi connectivity index (χ1n) is 15.4. The molecule has 2 aliphatic rings. The van der Waals surface area contributed by atoms with Crippen molar-refractivity contribution in [2.24, 2.45) is 0 Å². The summed E-state index contributed by atoms with van der Waals surface area (Å²) < 4.78 is 6.40. The van der Waals surface area contributed by atoms with E-state index in [4.69, 9.17) is 32.9 Å². The van der Waals surface area contributed by atoms with E-state index in [1.807, 2.05) is 50.4 Å². The molecule has 2 saturated heterocycles. The van der Waals surface area contributed by atoms with Gasteiger partial charge in [0.05, 0.1) is 21.5 Å². The lowest BCUT2D eigenvalue weighted by Gasteiger charge is -2.34. The number of carbonyl (C=O) groups is 2. The number of nitrogens with one attached hydrogen (secondary N) is 2. The molecule has 0 unspecified atom stereocenters. The van der Waals surface area contributed by atoms with E-state index in [0.717, 1.165) is 72.2 Å². The fourth-order valence-corrected chi connectivity index (χ4v) is 7.49. The van der Waals surface area contributed by atoms with Crippen molar-refractivity contribution >= 4 is 64.0 Å². The molecule has 2 aliphatic heterocycles. The highest BCUT2D eigenvalue weighted by atomic mass is 35.5. The second-order valence-electron chi connectivity index (χ2n) is 12.6. The number of halogens is 2. The maximum Gasteiger partial charge on any atom is 0.410 e. The highest BCUT2D eigenvalue weighted by Crippen LogP contribution is 2.30. The number of aromatic nitrogens is 1. The number of amides is 2. The molecule has 3 heterocycles. The van der Waals surface area contributed by atoms with Crippen LogP contribution in [-0.2, 0) is 16.1 Å². The van der Waals surface area contributed by atoms with E-state index in [-0.39, 0.29) is 24.1 Å². The molecule has 0 atom stereocenters. The third-order valence-corrected chi connectivity index (χ3v) is 10.6. The quantitative estimate of drug-likeness (QED) is 0.222. The molecular formula is C33H41Cl2N5O3S2. The van der Waals surface area contributed by atoms with Crippen LogP contribution >= 0.6 is 46.3 Å². The van der Waals surface area contributed by atoms with Gasteiger partial charge in [-0.1, -0.05) is 53.2 Å². The number of rotatable bonds is 9. The molecule has 5 rings (SSSR count). The molecule has 0 aliphatic carbocycles. The second kappa shape index (κ2) is 15.4. The molecular weight excluding hydrogens is 649 g/mol. The van der Waals surface area contributed by atoms with Gasteiger partial charge in [0, 0.05) is 61.4 Å². The number of likely N-dealkylation sites (tertiary alicyclic amines) is 2. The van der Waals surface area contributed by atoms with Crippen molar-refractivity contribution in [3.05, 3.63) is 63.5 Å². The number of piperidine rings is 2. The maximum atomic E-state index is 12.7. The van der Waals surface area contributed by atoms with E-state index in [0.29, 0.717) is 28.9 Å². The van der Waals surface area contributed by atoms with Crippen LogP contribution in [0.25, 0.3) is 11.3 Å². The average Bonchev–Trinajstić information content (AvgIpc) is 3.48. The molecule has 1 aromatic heterocycles. The number of thioether (sulfide) groups is 1. The SMILES string of the molecule is CC(C)(C)OC(=O)N1CCC(Nc2cccc(-c3csc(SCC(=O)NC4CCN(Cc5ccc(Cl)c(Cl)c5)CC4)n3)c2)CC1. The number of nitrogens with zero attached hydrogens (tertiary/aromatic N) is 3. The minimum absolute atomic E-state index is 0.0450. The van der Waals surface area contributed by atoms with Gasteiger partial charge >= 0.3 is 6.09 Å². The first-order valence-corrected chi connectivity index (χ1v) is 18.0. The number of benzene rings is 2. The van der Waals surface area contributed by atoms with Gasteiger partial charge in [0.15, 0.2) is 4.34 Å². The van der Waals surface area contributed by atoms with Crippen molar-refractivity contribution in [3.8, 4) is 11.3 Å². The lowest BCUT2D eigenvalue weighted by Crippen LogP contribution is -2.44. The van der Waals surface area contributed by atoms with E-state index in [2.05, 4.69) is 33.7 Å². The van der Waals surface area contributed by atoms with Gasteiger partial charge < -0.3 is 20.3 Å². The topological polar surface area (TPSA) is 86.8 Å². The Labute approximate surface area is 284 Å². The van der Waals surface area contributed by atoms with Crippen molar-refractivity contribution in [2.75, 3.05) is 37.2 Å². The van der Waals surface area contributed by atoms with Crippen LogP contribution in [0.2, 0.25) is 10.0 Å². The summed E-state index contributed by atoms with van der Waals surface area (Å²) in [5.41, 5.74) is 3.63. The minimum Gasteiger partial charge on any atom is -0.444 e. The Kier molecular flexibility index (Phi) is 11.6. The molecule has 242 valence electrons. The second-order valence-corrected chi connectivity index (χ2v) is 15.5. The number of hydrogen-bond donors (Lipinski definition) is 2. The van der Waals surface area contributed by atoms with Gasteiger partial charge in [-0.2, -0.15) is 0 Å². The molecule has 0 spiro atoms. The lowest BCUT2D eigenvalue weighted by atomic mass is 10.0. The summed E-state index contributed by atoms with van der Waals surface area (Å²) in [4.78, 5) is 34.1. The highest BCUT2D eigenvalue weighted by molar-refractivity contribution is 8.01. The molecule has 2 aromatic carbocycles. The Balaban J connectivity index is 1.03. The highest BCUT2D eigenvalue weighted by Gasteiger charge is 2.27. The zero-order valence-electron chi connectivity index (χ0n) is 26.0. The Morgan fingerprint density at radius 2 is 1.73 bits per heavy atom. The maximum absolute atomic E-state index is 12.7. The van der Waals surface area contributed by atoms with Crippen molar-refractivity contribution in [1.29, 1.82) is 0 Å². The fraction of sp³-hybridized carbons (Fsp3) is 0.485. The number of hydrogen-bond acceptors (Lipinski definition) is 8. The van der Waals surface area contributed by atoms with Crippen molar-refractivity contribution in [1.82, 2.24) is 20.1 Å². The number of ether oxygens (including phenoxy) is 1. The molecule has 0 saturated carbocycles. The third kappa shape index (κ3) is 10.2. The Hall–Kier alpha value is -2.50. The van der Waals surface area contributed by atoms with Gasteiger partial charge in [-0.3, -0.25) is 9.69 Å². The van der Waals surface area contributed by atoms with Crippen LogP contribution < -0.4 is 10.6 Å². The van der Waals surface area contributed by atoms with Gasteiger partial charge in [0.25, 0.3) is 0 Å². The van der Waals surface area contributed by atoms with E-state index in [9.17, 15) is 9.59 Å². The summed E-state index contributed by atoms with van der Waals surface area (Å²) in [5, 5.41) is 10.0. The van der Waals surface area contributed by atoms with Crippen LogP contribution in [0.4, 0.5) is 10.5 Å². The van der Waals surface area contributed by atoms with E-state index in [1.165, 1.54) is 11.8 Å². The third-order valence-electron chi connectivity index (χ3n) is 7.83. The predicted octanol–water partition coefficient (Wildman–Crippen LogP) is 7.80. The van der Waals surface area contributed by atoms with Crippen LogP contribution in [0.15, 0.2) is 52.2 Å². The number of anilines is 1. The van der Waals surface area contributed by atoms with Crippen molar-refractivity contribution in [3.63, 3.8) is 0 Å². The van der Waals surface area contributed by atoms with Crippen LogP contribution in [0.1, 0.15) is 52.0 Å². The predicted molar refractivity (Wildman–Crippen MR) is 186 cm³/mol. The lowest BCUT2D eigenvalue weighted by molar-refractivity contribution is -0.119. The smallest absolute Gasteiger partial charge is 0.410 e. The average molecular weight is 691 g/mol. The molecule has 2 fully saturated rings. The zero-order valence-corrected chi connectivity index (χ0v) is 29.1. The first kappa shape index (κ1) is 33.9. The van der Waals surface area contributed by atoms with Gasteiger partial charge in [0.1, 0.15) is 5.60 Å². The number of carbonyl (C=O) groups excluding carboxylic acids is 2. The van der Waals surface area contributed by atoms with Crippen molar-refractivity contribution in [2.45, 2.75) is 75.0 Å². The molecule has 45 heavy (non-hydrogen) atoms. The van der Waals surface area contributed by atoms with E-state index < -0.39 is 5.60 Å². The summed E-state index contributed by atoms with van der Waals surface area (Å²) in [6.45, 7) is 9.69. The summed E-state index contributed by atoms with van der Waals surface area (Å²) >= 11 is 15.2. The largest absolute Gasteiger partial charge is 0.444 e. The molecule has 2 N–H and O–H groups in total. The normalized spacial score (nSPS) is 16.9. The molecule has 3 aromatic rings. The van der Waals surface area contributed by atoms with Crippen molar-refractivity contribution < 1.29 is 14.3 Å². The fourth-order valence-electron chi connectivity index (χ4n) is 5.52. The molecule has 12 heteroatoms. The van der Waals surface area contributed by atoms with E-state index in [1.54, 1.807) is 16.2 Å². The standard InChI is InChI=1S/C33H41Cl2N5O3S2/c1-33(2,3)43-32(42)40-15-11-24(12-16-40)36-26-6-4-5-23(18-26)29-20-44-31(38-29)45-21-30(41)37-25-9-13-39(14-10-25)19-22-7-8-27(34)28(35)17-22/h4-8,17-18,20,24-25,36H,9-16,19,21H2,1-3H3,(H,37,41). The monoisotopic (exact) mass is 689 g/mol. The Morgan fingerprint density at radius 3 is 2.44 bits per heavy atom. The van der Waals surface area contributed by atoms with Gasteiger partial charge in [-0.25, -0.2) is 9.78 Å². The number of thiazole rings is 1. The summed E-state index contributed by atoms with van der Waals surface area (Å²) in [7, 11) is 0. The van der Waals surface area contributed by atoms with Crippen LogP contribution in [0.3, 0.4) is 0 Å². The van der Waals surface area contributed by atoms with Crippen LogP contribution in [-0.4, -0.2) is 76.4 Å². The summed E-state index contributed by atoms with van der Waals surface area (Å²) in [5.74, 6) is 0.392. The van der Waals surface area contributed by atoms with Gasteiger partial charge in [0.2, 0.25) is 5.91 Å². The van der Waals surface area contributed by atoms with Crippen LogP contribution in [0, 0.1) is 0 Å². The minimum atomic E-state index is -0.485. The molecule has 8 nitrogen and oxygen atoms in total. The molecule has 0 bridgehead atoms. The summed E-state index contributed by atoms with van der Waals surface area (Å²) in [6, 6.07) is 14.5. The Morgan fingerprint density at radius 1 is 1.00 bits per heavy atom. The Bertz CT molecular complexity index is 1460. The zero-order chi connectivity index (χ0) is 32.0. The molecule has 0 radical (unpaired) electrons. The molecule has 2 amide bonds. The van der Waals surface area contributed by atoms with Gasteiger partial charge in [-0.05, 0) is 76.3 Å². The first-order chi connectivity index (χ1) is 21.5. The van der Waals surface area contributed by atoms with Crippen LogP contribution in [0.5, 0.6) is 0 Å². The van der Waals surface area contributed by atoms with E-state index >= 15 is 0 Å². The van der Waals surface area contributed by atoms with Gasteiger partial charge in [-0.15, -0.1) is 11.3 Å².